The summed E-state index contributed by atoms with van der Waals surface area (Å²) < 4.78 is 4.67. The number of allylic oxidation sites excluding steroid dienone is 1. The van der Waals surface area contributed by atoms with Gasteiger partial charge < -0.3 is 10.1 Å². The number of Topliss-reactive ketones (excluding diaryl/α,β-unsaturated/α-hetero) is 1. The van der Waals surface area contributed by atoms with E-state index in [-0.39, 0.29) is 0 Å². The lowest BCUT2D eigenvalue weighted by Crippen LogP contribution is -2.22. The van der Waals surface area contributed by atoms with Gasteiger partial charge in [-0.1, -0.05) is 38.5 Å². The molecule has 2 saturated carbocycles. The number of rotatable bonds is 3. The van der Waals surface area contributed by atoms with Gasteiger partial charge in [0.25, 0.3) is 0 Å². The minimum absolute atomic E-state index is 0.347. The Hall–Kier alpha value is -1.65. The highest BCUT2D eigenvalue weighted by molar-refractivity contribution is 5.91. The second-order valence-corrected chi connectivity index (χ2v) is 6.81. The molecular weight excluding hydrogens is 318 g/mol. The molecule has 2 aliphatic carbocycles. The highest BCUT2D eigenvalue weighted by atomic mass is 16.5. The second kappa shape index (κ2) is 13.6. The number of hydrogen-bond donors (Lipinski definition) is 1. The van der Waals surface area contributed by atoms with Gasteiger partial charge in [-0.2, -0.15) is 0 Å². The van der Waals surface area contributed by atoms with Crippen LogP contribution in [0.4, 0.5) is 0 Å². The third-order valence-corrected chi connectivity index (χ3v) is 4.81. The van der Waals surface area contributed by atoms with Gasteiger partial charge in [-0.15, -0.1) is 0 Å². The quantitative estimate of drug-likeness (QED) is 0.470. The molecule has 25 heavy (non-hydrogen) atoms. The van der Waals surface area contributed by atoms with Crippen LogP contribution in [0.3, 0.4) is 0 Å². The topological polar surface area (TPSA) is 72.5 Å². The van der Waals surface area contributed by atoms with E-state index in [0.29, 0.717) is 17.9 Å². The predicted molar refractivity (Wildman–Crippen MR) is 97.9 cm³/mol. The number of methoxy groups -OCH3 is 1. The largest absolute Gasteiger partial charge is 0.464 e. The Morgan fingerprint density at radius 1 is 0.840 bits per heavy atom. The van der Waals surface area contributed by atoms with E-state index in [1.807, 2.05) is 0 Å². The van der Waals surface area contributed by atoms with Crippen molar-refractivity contribution in [1.29, 1.82) is 0 Å². The zero-order valence-corrected chi connectivity index (χ0v) is 15.6. The van der Waals surface area contributed by atoms with Gasteiger partial charge >= 0.3 is 5.97 Å². The Bertz CT molecular complexity index is 437. The Balaban J connectivity index is 0.000000293. The fourth-order valence-electron chi connectivity index (χ4n) is 3.35. The molecule has 142 valence electrons. The van der Waals surface area contributed by atoms with Crippen molar-refractivity contribution in [3.05, 3.63) is 11.3 Å². The van der Waals surface area contributed by atoms with Crippen LogP contribution in [0.25, 0.3) is 0 Å². The fraction of sp³-hybridized carbons (Fsp3) is 0.750. The summed E-state index contributed by atoms with van der Waals surface area (Å²) in [5.74, 6) is 0.0392. The van der Waals surface area contributed by atoms with Crippen LogP contribution in [0.2, 0.25) is 0 Å². The molecule has 0 aromatic carbocycles. The van der Waals surface area contributed by atoms with E-state index in [1.165, 1.54) is 45.6 Å². The standard InChI is InChI=1S/C12H19NO3.C8H14O/c1-16-12(15)11(13-9-14)10-7-5-3-2-4-6-8-10;9-8-6-4-2-1-3-5-7-8/h9H,2-8H2,1H3,(H,13,14);1-7H2. The third kappa shape index (κ3) is 9.42. The SMILES string of the molecule is COC(=O)C(NC=O)=C1CCCCCCC1.O=C1CCCCCCC1. The number of amides is 1. The van der Waals surface area contributed by atoms with E-state index < -0.39 is 5.97 Å². The molecule has 1 amide bonds. The Morgan fingerprint density at radius 2 is 1.28 bits per heavy atom. The van der Waals surface area contributed by atoms with E-state index in [0.717, 1.165) is 56.9 Å². The van der Waals surface area contributed by atoms with Crippen molar-refractivity contribution in [2.75, 3.05) is 7.11 Å². The number of ketones is 1. The summed E-state index contributed by atoms with van der Waals surface area (Å²) in [4.78, 5) is 32.8. The number of esters is 1. The number of hydrogen-bond acceptors (Lipinski definition) is 4. The summed E-state index contributed by atoms with van der Waals surface area (Å²) in [5.41, 5.74) is 1.37. The number of ether oxygens (including phenoxy) is 1. The average Bonchev–Trinajstić information content (AvgIpc) is 2.56. The Labute approximate surface area is 151 Å². The van der Waals surface area contributed by atoms with Crippen molar-refractivity contribution in [2.24, 2.45) is 0 Å². The minimum atomic E-state index is -0.442. The van der Waals surface area contributed by atoms with Crippen molar-refractivity contribution < 1.29 is 19.1 Å². The third-order valence-electron chi connectivity index (χ3n) is 4.81. The maximum absolute atomic E-state index is 11.5. The van der Waals surface area contributed by atoms with Crippen LogP contribution in [-0.2, 0) is 19.1 Å². The molecular formula is C20H33NO4. The van der Waals surface area contributed by atoms with Crippen LogP contribution >= 0.6 is 0 Å². The first-order valence-electron chi connectivity index (χ1n) is 9.71. The van der Waals surface area contributed by atoms with Crippen molar-refractivity contribution in [3.63, 3.8) is 0 Å². The normalized spacial score (nSPS) is 19.1. The van der Waals surface area contributed by atoms with Crippen molar-refractivity contribution in [3.8, 4) is 0 Å². The molecule has 2 rings (SSSR count). The van der Waals surface area contributed by atoms with E-state index in [4.69, 9.17) is 0 Å². The number of nitrogens with one attached hydrogen (secondary N) is 1. The van der Waals surface area contributed by atoms with E-state index >= 15 is 0 Å². The number of carbonyl (C=O) groups excluding carboxylic acids is 3. The smallest absolute Gasteiger partial charge is 0.354 e. The molecule has 0 radical (unpaired) electrons. The predicted octanol–water partition coefficient (Wildman–Crippen LogP) is 4.20. The highest BCUT2D eigenvalue weighted by Gasteiger charge is 2.16. The van der Waals surface area contributed by atoms with Crippen LogP contribution in [0.5, 0.6) is 0 Å². The molecule has 1 N–H and O–H groups in total. The zero-order chi connectivity index (χ0) is 18.3. The first kappa shape index (κ1) is 21.4. The summed E-state index contributed by atoms with van der Waals surface area (Å²) in [6.07, 6.45) is 16.0. The maximum Gasteiger partial charge on any atom is 0.354 e. The molecule has 0 saturated heterocycles. The van der Waals surface area contributed by atoms with Crippen LogP contribution in [0.15, 0.2) is 11.3 Å². The molecule has 0 spiro atoms. The zero-order valence-electron chi connectivity index (χ0n) is 15.6. The fourth-order valence-corrected chi connectivity index (χ4v) is 3.35. The lowest BCUT2D eigenvalue weighted by molar-refractivity contribution is -0.137. The van der Waals surface area contributed by atoms with Gasteiger partial charge in [0.15, 0.2) is 0 Å². The van der Waals surface area contributed by atoms with Gasteiger partial charge in [-0.25, -0.2) is 4.79 Å². The van der Waals surface area contributed by atoms with Gasteiger partial charge in [-0.05, 0) is 44.1 Å². The summed E-state index contributed by atoms with van der Waals surface area (Å²) in [6.45, 7) is 0. The van der Waals surface area contributed by atoms with E-state index in [1.54, 1.807) is 0 Å². The van der Waals surface area contributed by atoms with Gasteiger partial charge in [-0.3, -0.25) is 9.59 Å². The van der Waals surface area contributed by atoms with E-state index in [9.17, 15) is 14.4 Å². The molecule has 0 heterocycles. The van der Waals surface area contributed by atoms with Crippen LogP contribution in [0, 0.1) is 0 Å². The van der Waals surface area contributed by atoms with Gasteiger partial charge in [0.1, 0.15) is 11.5 Å². The number of carbonyl (C=O) groups is 3. The minimum Gasteiger partial charge on any atom is -0.464 e. The highest BCUT2D eigenvalue weighted by Crippen LogP contribution is 2.23. The second-order valence-electron chi connectivity index (χ2n) is 6.81. The van der Waals surface area contributed by atoms with Crippen molar-refractivity contribution in [2.45, 2.75) is 89.9 Å². The lowest BCUT2D eigenvalue weighted by Gasteiger charge is -2.15. The van der Waals surface area contributed by atoms with Gasteiger partial charge in [0.05, 0.1) is 7.11 Å². The molecule has 0 aliphatic heterocycles. The molecule has 2 aliphatic rings. The Morgan fingerprint density at radius 3 is 1.72 bits per heavy atom. The lowest BCUT2D eigenvalue weighted by atomic mass is 9.94. The maximum atomic E-state index is 11.5. The van der Waals surface area contributed by atoms with Gasteiger partial charge in [0.2, 0.25) is 6.41 Å². The average molecular weight is 351 g/mol. The summed E-state index contributed by atoms with van der Waals surface area (Å²) in [7, 11) is 1.33. The molecule has 0 aromatic rings. The summed E-state index contributed by atoms with van der Waals surface area (Å²) in [5, 5.41) is 2.48. The summed E-state index contributed by atoms with van der Waals surface area (Å²) in [6, 6.07) is 0. The van der Waals surface area contributed by atoms with Crippen molar-refractivity contribution in [1.82, 2.24) is 5.32 Å². The monoisotopic (exact) mass is 351 g/mol. The molecule has 5 nitrogen and oxygen atoms in total. The molecule has 2 fully saturated rings. The molecule has 0 aromatic heterocycles. The van der Waals surface area contributed by atoms with Gasteiger partial charge in [0, 0.05) is 12.8 Å². The first-order chi connectivity index (χ1) is 12.2. The first-order valence-corrected chi connectivity index (χ1v) is 9.71. The van der Waals surface area contributed by atoms with Crippen LogP contribution in [-0.4, -0.2) is 25.3 Å². The molecule has 5 heteroatoms. The summed E-state index contributed by atoms with van der Waals surface area (Å²) >= 11 is 0. The van der Waals surface area contributed by atoms with E-state index in [2.05, 4.69) is 10.1 Å². The Kier molecular flexibility index (Phi) is 11.7. The van der Waals surface area contributed by atoms with Crippen LogP contribution < -0.4 is 5.32 Å². The molecule has 0 unspecified atom stereocenters. The van der Waals surface area contributed by atoms with Crippen molar-refractivity contribution >= 4 is 18.2 Å². The van der Waals surface area contributed by atoms with Crippen LogP contribution in [0.1, 0.15) is 89.9 Å². The molecule has 0 atom stereocenters. The molecule has 0 bridgehead atoms.